The van der Waals surface area contributed by atoms with Crippen molar-refractivity contribution in [1.29, 1.82) is 0 Å². The van der Waals surface area contributed by atoms with E-state index in [0.717, 1.165) is 11.8 Å². The van der Waals surface area contributed by atoms with E-state index in [0.29, 0.717) is 0 Å². The van der Waals surface area contributed by atoms with Crippen LogP contribution >= 0.6 is 0 Å². The van der Waals surface area contributed by atoms with Crippen LogP contribution in [0.15, 0.2) is 30.3 Å². The SMILES string of the molecule is NCCC(=O)O.O=Cc1ccccc1. The van der Waals surface area contributed by atoms with Crippen molar-refractivity contribution in [3.63, 3.8) is 0 Å². The fraction of sp³-hybridized carbons (Fsp3) is 0.200. The first kappa shape index (κ1) is 12.3. The lowest BCUT2D eigenvalue weighted by atomic mass is 10.2. The molecule has 0 radical (unpaired) electrons. The Labute approximate surface area is 82.4 Å². The van der Waals surface area contributed by atoms with Crippen LogP contribution in [0.25, 0.3) is 0 Å². The van der Waals surface area contributed by atoms with Gasteiger partial charge in [-0.3, -0.25) is 9.59 Å². The van der Waals surface area contributed by atoms with E-state index in [-0.39, 0.29) is 13.0 Å². The second kappa shape index (κ2) is 7.94. The molecular formula is C10H13NO3. The number of aldehydes is 1. The molecule has 4 nitrogen and oxygen atoms in total. The molecule has 3 N–H and O–H groups in total. The van der Waals surface area contributed by atoms with Crippen LogP contribution < -0.4 is 5.73 Å². The lowest BCUT2D eigenvalue weighted by molar-refractivity contribution is -0.136. The predicted molar refractivity (Wildman–Crippen MR) is 53.1 cm³/mol. The summed E-state index contributed by atoms with van der Waals surface area (Å²) in [5.41, 5.74) is 5.58. The fourth-order valence-electron chi connectivity index (χ4n) is 0.655. The number of benzene rings is 1. The molecule has 0 aliphatic rings. The van der Waals surface area contributed by atoms with Crippen LogP contribution in [0.5, 0.6) is 0 Å². The Morgan fingerprint density at radius 2 is 1.93 bits per heavy atom. The molecule has 0 bridgehead atoms. The topological polar surface area (TPSA) is 80.4 Å². The summed E-state index contributed by atoms with van der Waals surface area (Å²) in [7, 11) is 0. The minimum Gasteiger partial charge on any atom is -0.481 e. The molecule has 0 heterocycles. The van der Waals surface area contributed by atoms with Gasteiger partial charge in [-0.25, -0.2) is 0 Å². The lowest BCUT2D eigenvalue weighted by Gasteiger charge is -1.81. The zero-order valence-electron chi connectivity index (χ0n) is 7.72. The number of hydrogen-bond donors (Lipinski definition) is 2. The molecule has 0 aliphatic heterocycles. The first-order valence-corrected chi connectivity index (χ1v) is 4.12. The van der Waals surface area contributed by atoms with E-state index in [9.17, 15) is 9.59 Å². The average molecular weight is 195 g/mol. The molecule has 1 rings (SSSR count). The van der Waals surface area contributed by atoms with Gasteiger partial charge in [0.25, 0.3) is 0 Å². The van der Waals surface area contributed by atoms with Crippen molar-refractivity contribution in [3.8, 4) is 0 Å². The molecule has 0 fully saturated rings. The highest BCUT2D eigenvalue weighted by molar-refractivity contribution is 5.74. The molecule has 76 valence electrons. The minimum absolute atomic E-state index is 0.0694. The number of aliphatic carboxylic acids is 1. The largest absolute Gasteiger partial charge is 0.481 e. The molecule has 1 aromatic rings. The van der Waals surface area contributed by atoms with Crippen LogP contribution in [0.3, 0.4) is 0 Å². The normalized spacial score (nSPS) is 8.36. The number of nitrogens with two attached hydrogens (primary N) is 1. The highest BCUT2D eigenvalue weighted by Gasteiger charge is 1.87. The quantitative estimate of drug-likeness (QED) is 0.703. The first-order valence-electron chi connectivity index (χ1n) is 4.12. The zero-order valence-corrected chi connectivity index (χ0v) is 7.72. The van der Waals surface area contributed by atoms with Crippen molar-refractivity contribution in [2.45, 2.75) is 6.42 Å². The van der Waals surface area contributed by atoms with Crippen molar-refractivity contribution < 1.29 is 14.7 Å². The third-order valence-corrected chi connectivity index (χ3v) is 1.29. The maximum atomic E-state index is 10.0. The molecule has 14 heavy (non-hydrogen) atoms. The third kappa shape index (κ3) is 7.00. The molecule has 0 atom stereocenters. The Morgan fingerprint density at radius 1 is 1.36 bits per heavy atom. The Morgan fingerprint density at radius 3 is 2.14 bits per heavy atom. The summed E-state index contributed by atoms with van der Waals surface area (Å²) in [6.07, 6.45) is 0.903. The van der Waals surface area contributed by atoms with Gasteiger partial charge in [0.2, 0.25) is 0 Å². The van der Waals surface area contributed by atoms with Gasteiger partial charge in [-0.1, -0.05) is 30.3 Å². The van der Waals surface area contributed by atoms with E-state index < -0.39 is 5.97 Å². The second-order valence-electron chi connectivity index (χ2n) is 2.46. The van der Waals surface area contributed by atoms with Crippen LogP contribution in [0.4, 0.5) is 0 Å². The summed E-state index contributed by atoms with van der Waals surface area (Å²) in [4.78, 5) is 19.5. The molecule has 1 aromatic carbocycles. The first-order chi connectivity index (χ1) is 6.70. The average Bonchev–Trinajstić information content (AvgIpc) is 2.20. The van der Waals surface area contributed by atoms with Crippen molar-refractivity contribution >= 4 is 12.3 Å². The summed E-state index contributed by atoms with van der Waals surface area (Å²) in [6.45, 7) is 0.231. The summed E-state index contributed by atoms with van der Waals surface area (Å²) in [6, 6.07) is 9.10. The Hall–Kier alpha value is -1.68. The summed E-state index contributed by atoms with van der Waals surface area (Å²) < 4.78 is 0. The van der Waals surface area contributed by atoms with Gasteiger partial charge in [-0.15, -0.1) is 0 Å². The van der Waals surface area contributed by atoms with Gasteiger partial charge < -0.3 is 10.8 Å². The van der Waals surface area contributed by atoms with Gasteiger partial charge in [0.1, 0.15) is 6.29 Å². The molecule has 0 saturated carbocycles. The van der Waals surface area contributed by atoms with Crippen LogP contribution in [-0.4, -0.2) is 23.9 Å². The number of hydrogen-bond acceptors (Lipinski definition) is 3. The smallest absolute Gasteiger partial charge is 0.304 e. The van der Waals surface area contributed by atoms with E-state index in [4.69, 9.17) is 10.8 Å². The van der Waals surface area contributed by atoms with Crippen molar-refractivity contribution in [2.24, 2.45) is 5.73 Å². The Bertz CT molecular complexity index is 272. The van der Waals surface area contributed by atoms with E-state index in [1.54, 1.807) is 12.1 Å². The maximum Gasteiger partial charge on any atom is 0.304 e. The van der Waals surface area contributed by atoms with Crippen LogP contribution in [0, 0.1) is 0 Å². The van der Waals surface area contributed by atoms with Gasteiger partial charge in [0, 0.05) is 12.1 Å². The lowest BCUT2D eigenvalue weighted by Crippen LogP contribution is -2.05. The maximum absolute atomic E-state index is 10.0. The van der Waals surface area contributed by atoms with E-state index in [2.05, 4.69) is 0 Å². The summed E-state index contributed by atoms with van der Waals surface area (Å²) in [5, 5.41) is 7.83. The molecular weight excluding hydrogens is 182 g/mol. The number of carbonyl (C=O) groups is 2. The van der Waals surface area contributed by atoms with Gasteiger partial charge >= 0.3 is 5.97 Å². The molecule has 0 saturated heterocycles. The van der Waals surface area contributed by atoms with Crippen molar-refractivity contribution in [2.75, 3.05) is 6.54 Å². The molecule has 0 aromatic heterocycles. The van der Waals surface area contributed by atoms with Crippen LogP contribution in [0.1, 0.15) is 16.8 Å². The number of carboxylic acid groups (broad SMARTS) is 1. The van der Waals surface area contributed by atoms with Gasteiger partial charge in [-0.2, -0.15) is 0 Å². The van der Waals surface area contributed by atoms with Gasteiger partial charge in [0.15, 0.2) is 0 Å². The highest BCUT2D eigenvalue weighted by Crippen LogP contribution is 1.91. The standard InChI is InChI=1S/C7H6O.C3H7NO2/c8-6-7-4-2-1-3-5-7;4-2-1-3(5)6/h1-6H;1-2,4H2,(H,5,6). The molecule has 0 aliphatic carbocycles. The van der Waals surface area contributed by atoms with Crippen LogP contribution in [-0.2, 0) is 4.79 Å². The van der Waals surface area contributed by atoms with Crippen LogP contribution in [0.2, 0.25) is 0 Å². The monoisotopic (exact) mass is 195 g/mol. The second-order valence-corrected chi connectivity index (χ2v) is 2.46. The zero-order chi connectivity index (χ0) is 10.8. The van der Waals surface area contributed by atoms with E-state index in [1.165, 1.54) is 0 Å². The van der Waals surface area contributed by atoms with Gasteiger partial charge in [0.05, 0.1) is 6.42 Å². The van der Waals surface area contributed by atoms with E-state index in [1.807, 2.05) is 18.2 Å². The minimum atomic E-state index is -0.836. The van der Waals surface area contributed by atoms with E-state index >= 15 is 0 Å². The van der Waals surface area contributed by atoms with Crippen molar-refractivity contribution in [3.05, 3.63) is 35.9 Å². The van der Waals surface area contributed by atoms with Gasteiger partial charge in [-0.05, 0) is 0 Å². The summed E-state index contributed by atoms with van der Waals surface area (Å²) in [5.74, 6) is -0.836. The Kier molecular flexibility index (Phi) is 6.99. The Balaban J connectivity index is 0.000000255. The third-order valence-electron chi connectivity index (χ3n) is 1.29. The number of carbonyl (C=O) groups excluding carboxylic acids is 1. The predicted octanol–water partition coefficient (Wildman–Crippen LogP) is 0.919. The molecule has 4 heteroatoms. The molecule has 0 unspecified atom stereocenters. The summed E-state index contributed by atoms with van der Waals surface area (Å²) >= 11 is 0. The van der Waals surface area contributed by atoms with Crippen molar-refractivity contribution in [1.82, 2.24) is 0 Å². The number of carboxylic acids is 1. The molecule has 0 spiro atoms. The fourth-order valence-corrected chi connectivity index (χ4v) is 0.655. The highest BCUT2D eigenvalue weighted by atomic mass is 16.4. The molecule has 0 amide bonds. The number of rotatable bonds is 3.